The van der Waals surface area contributed by atoms with Crippen molar-refractivity contribution < 1.29 is 4.74 Å². The maximum Gasteiger partial charge on any atom is 0.194 e. The first-order valence-electron chi connectivity index (χ1n) is 10.8. The van der Waals surface area contributed by atoms with Crippen LogP contribution in [0.4, 0.5) is 0 Å². The number of aryl methyl sites for hydroxylation is 1. The van der Waals surface area contributed by atoms with Crippen LogP contribution < -0.4 is 5.32 Å². The van der Waals surface area contributed by atoms with E-state index in [1.165, 1.54) is 24.8 Å². The number of halogens is 1. The van der Waals surface area contributed by atoms with Gasteiger partial charge in [0, 0.05) is 39.0 Å². The second kappa shape index (κ2) is 11.6. The van der Waals surface area contributed by atoms with Gasteiger partial charge in [-0.05, 0) is 24.8 Å². The zero-order chi connectivity index (χ0) is 19.9. The Hall–Kier alpha value is -1.68. The van der Waals surface area contributed by atoms with Crippen LogP contribution in [-0.2, 0) is 30.9 Å². The van der Waals surface area contributed by atoms with Gasteiger partial charge in [0.15, 0.2) is 11.8 Å². The zero-order valence-electron chi connectivity index (χ0n) is 17.8. The Labute approximate surface area is 196 Å². The maximum atomic E-state index is 5.95. The number of aromatic nitrogens is 3. The fourth-order valence-corrected chi connectivity index (χ4v) is 4.25. The molecule has 2 aromatic rings. The summed E-state index contributed by atoms with van der Waals surface area (Å²) in [5.74, 6) is 3.64. The van der Waals surface area contributed by atoms with Gasteiger partial charge in [-0.2, -0.15) is 0 Å². The lowest BCUT2D eigenvalue weighted by Crippen LogP contribution is -2.40. The summed E-state index contributed by atoms with van der Waals surface area (Å²) in [6.07, 6.45) is 5.88. The highest BCUT2D eigenvalue weighted by Gasteiger charge is 2.25. The van der Waals surface area contributed by atoms with E-state index < -0.39 is 0 Å². The highest BCUT2D eigenvalue weighted by molar-refractivity contribution is 14.0. The van der Waals surface area contributed by atoms with Crippen LogP contribution in [0, 0.1) is 5.92 Å². The Morgan fingerprint density at radius 3 is 2.87 bits per heavy atom. The Bertz CT molecular complexity index is 809. The molecular weight excluding hydrogens is 491 g/mol. The average Bonchev–Trinajstić information content (AvgIpc) is 3.30. The molecule has 1 N–H and O–H groups in total. The van der Waals surface area contributed by atoms with Gasteiger partial charge in [-0.3, -0.25) is 4.99 Å². The summed E-state index contributed by atoms with van der Waals surface area (Å²) in [4.78, 5) is 6.83. The molecule has 4 rings (SSSR count). The zero-order valence-corrected chi connectivity index (χ0v) is 20.1. The van der Waals surface area contributed by atoms with Gasteiger partial charge in [-0.25, -0.2) is 0 Å². The van der Waals surface area contributed by atoms with Crippen molar-refractivity contribution in [2.24, 2.45) is 10.9 Å². The van der Waals surface area contributed by atoms with Crippen molar-refractivity contribution >= 4 is 29.9 Å². The second-order valence-corrected chi connectivity index (χ2v) is 8.00. The molecule has 1 saturated heterocycles. The number of guanidine groups is 1. The van der Waals surface area contributed by atoms with Gasteiger partial charge in [0.1, 0.15) is 5.82 Å². The molecule has 1 aromatic carbocycles. The van der Waals surface area contributed by atoms with Crippen LogP contribution in [0.1, 0.15) is 42.9 Å². The van der Waals surface area contributed by atoms with Crippen LogP contribution in [0.15, 0.2) is 35.3 Å². The summed E-state index contributed by atoms with van der Waals surface area (Å²) < 4.78 is 8.24. The summed E-state index contributed by atoms with van der Waals surface area (Å²) >= 11 is 0. The molecular formula is C22H33IN6O. The molecule has 0 spiro atoms. The number of nitrogens with one attached hydrogen (secondary N) is 1. The monoisotopic (exact) mass is 524 g/mol. The van der Waals surface area contributed by atoms with Gasteiger partial charge in [-0.1, -0.05) is 36.8 Å². The fourth-order valence-electron chi connectivity index (χ4n) is 4.25. The third-order valence-corrected chi connectivity index (χ3v) is 5.85. The van der Waals surface area contributed by atoms with Crippen molar-refractivity contribution in [3.8, 4) is 0 Å². The standard InChI is InChI=1S/C22H32N6O.HI/c1-23-22(24-14-21-26-25-20-10-6-3-7-12-28(20)21)27-13-11-19(15-27)17-29-16-18-8-4-2-5-9-18;/h2,4-5,8-9,19H,3,6-7,10-17H2,1H3,(H,23,24);1H. The first-order valence-corrected chi connectivity index (χ1v) is 10.8. The predicted molar refractivity (Wildman–Crippen MR) is 129 cm³/mol. The minimum atomic E-state index is 0. The lowest BCUT2D eigenvalue weighted by Gasteiger charge is -2.21. The maximum absolute atomic E-state index is 5.95. The molecule has 1 unspecified atom stereocenters. The lowest BCUT2D eigenvalue weighted by molar-refractivity contribution is 0.0906. The van der Waals surface area contributed by atoms with Gasteiger partial charge in [0.2, 0.25) is 0 Å². The Morgan fingerprint density at radius 2 is 2.03 bits per heavy atom. The quantitative estimate of drug-likeness (QED) is 0.357. The number of fused-ring (bicyclic) bond motifs is 1. The number of aliphatic imine (C=N–C) groups is 1. The van der Waals surface area contributed by atoms with Crippen LogP contribution in [0.5, 0.6) is 0 Å². The average molecular weight is 524 g/mol. The molecule has 30 heavy (non-hydrogen) atoms. The van der Waals surface area contributed by atoms with E-state index in [-0.39, 0.29) is 24.0 Å². The topological polar surface area (TPSA) is 67.6 Å². The molecule has 1 aromatic heterocycles. The van der Waals surface area contributed by atoms with Crippen LogP contribution >= 0.6 is 24.0 Å². The van der Waals surface area contributed by atoms with Crippen molar-refractivity contribution in [2.45, 2.75) is 51.8 Å². The highest BCUT2D eigenvalue weighted by Crippen LogP contribution is 2.18. The molecule has 3 heterocycles. The van der Waals surface area contributed by atoms with E-state index in [9.17, 15) is 0 Å². The molecule has 0 radical (unpaired) electrons. The third-order valence-electron chi connectivity index (χ3n) is 5.85. The summed E-state index contributed by atoms with van der Waals surface area (Å²) in [5.41, 5.74) is 1.23. The minimum Gasteiger partial charge on any atom is -0.376 e. The number of rotatable bonds is 6. The molecule has 2 aliphatic heterocycles. The Balaban J connectivity index is 0.00000256. The molecule has 0 bridgehead atoms. The number of ether oxygens (including phenoxy) is 1. The van der Waals surface area contributed by atoms with Crippen LogP contribution in [-0.4, -0.2) is 52.4 Å². The normalized spacial score (nSPS) is 19.2. The summed E-state index contributed by atoms with van der Waals surface area (Å²) in [5, 5.41) is 12.3. The first-order chi connectivity index (χ1) is 14.3. The van der Waals surface area contributed by atoms with Crippen molar-refractivity contribution in [1.82, 2.24) is 25.0 Å². The van der Waals surface area contributed by atoms with E-state index >= 15 is 0 Å². The fraction of sp³-hybridized carbons (Fsp3) is 0.591. The van der Waals surface area contributed by atoms with E-state index in [0.717, 1.165) is 56.7 Å². The first kappa shape index (κ1) is 23.0. The van der Waals surface area contributed by atoms with Crippen molar-refractivity contribution in [3.05, 3.63) is 47.5 Å². The molecule has 1 fully saturated rings. The molecule has 164 valence electrons. The van der Waals surface area contributed by atoms with Crippen molar-refractivity contribution in [2.75, 3.05) is 26.7 Å². The largest absolute Gasteiger partial charge is 0.376 e. The molecule has 1 atom stereocenters. The number of nitrogens with zero attached hydrogens (tertiary/aromatic N) is 5. The number of benzene rings is 1. The summed E-state index contributed by atoms with van der Waals surface area (Å²) in [6, 6.07) is 10.4. The highest BCUT2D eigenvalue weighted by atomic mass is 127. The second-order valence-electron chi connectivity index (χ2n) is 8.00. The molecule has 2 aliphatic rings. The lowest BCUT2D eigenvalue weighted by atomic mass is 10.1. The van der Waals surface area contributed by atoms with Gasteiger partial charge >= 0.3 is 0 Å². The van der Waals surface area contributed by atoms with E-state index in [1.807, 2.05) is 13.1 Å². The SMILES string of the molecule is CN=C(NCc1nnc2n1CCCCC2)N1CCC(COCc2ccccc2)C1.I. The summed E-state index contributed by atoms with van der Waals surface area (Å²) in [6.45, 7) is 5.17. The summed E-state index contributed by atoms with van der Waals surface area (Å²) in [7, 11) is 1.85. The Morgan fingerprint density at radius 1 is 1.17 bits per heavy atom. The number of hydrogen-bond acceptors (Lipinski definition) is 4. The molecule has 8 heteroatoms. The van der Waals surface area contributed by atoms with Crippen LogP contribution in [0.25, 0.3) is 0 Å². The Kier molecular flexibility index (Phi) is 8.92. The van der Waals surface area contributed by atoms with Crippen molar-refractivity contribution in [1.29, 1.82) is 0 Å². The van der Waals surface area contributed by atoms with E-state index in [1.54, 1.807) is 0 Å². The van der Waals surface area contributed by atoms with Crippen molar-refractivity contribution in [3.63, 3.8) is 0 Å². The number of hydrogen-bond donors (Lipinski definition) is 1. The number of likely N-dealkylation sites (tertiary alicyclic amines) is 1. The van der Waals surface area contributed by atoms with E-state index in [0.29, 0.717) is 19.1 Å². The van der Waals surface area contributed by atoms with Gasteiger partial charge in [-0.15, -0.1) is 34.2 Å². The van der Waals surface area contributed by atoms with Crippen LogP contribution in [0.2, 0.25) is 0 Å². The molecule has 0 aliphatic carbocycles. The molecule has 0 amide bonds. The van der Waals surface area contributed by atoms with E-state index in [4.69, 9.17) is 4.74 Å². The van der Waals surface area contributed by atoms with Gasteiger partial charge in [0.25, 0.3) is 0 Å². The molecule has 7 nitrogen and oxygen atoms in total. The molecule has 0 saturated carbocycles. The third kappa shape index (κ3) is 5.94. The predicted octanol–water partition coefficient (Wildman–Crippen LogP) is 3.24. The van der Waals surface area contributed by atoms with Crippen LogP contribution in [0.3, 0.4) is 0 Å². The van der Waals surface area contributed by atoms with E-state index in [2.05, 4.69) is 54.2 Å². The smallest absolute Gasteiger partial charge is 0.194 e. The minimum absolute atomic E-state index is 0. The van der Waals surface area contributed by atoms with Gasteiger partial charge < -0.3 is 19.5 Å². The van der Waals surface area contributed by atoms with Gasteiger partial charge in [0.05, 0.1) is 19.8 Å².